The molecule has 0 aromatic rings. The van der Waals surface area contributed by atoms with Gasteiger partial charge >= 0.3 is 11.9 Å². The number of carbonyl (C=O) groups excluding carboxylic acids is 1. The Hall–Kier alpha value is -1.15. The van der Waals surface area contributed by atoms with E-state index >= 15 is 0 Å². The third-order valence-corrected chi connectivity index (χ3v) is 6.69. The van der Waals surface area contributed by atoms with Crippen LogP contribution in [0.4, 0.5) is 0 Å². The molecule has 0 amide bonds. The smallest absolute Gasteiger partial charge is 0.312 e. The van der Waals surface area contributed by atoms with Gasteiger partial charge in [-0.3, -0.25) is 9.59 Å². The van der Waals surface area contributed by atoms with Crippen LogP contribution in [0.25, 0.3) is 0 Å². The molecule has 2 aliphatic rings. The quantitative estimate of drug-likeness (QED) is 0.701. The minimum atomic E-state index is -3.61. The summed E-state index contributed by atoms with van der Waals surface area (Å²) in [5, 5.41) is 8.98. The molecule has 2 aliphatic carbocycles. The predicted molar refractivity (Wildman–Crippen MR) is 83.2 cm³/mol. The van der Waals surface area contributed by atoms with Gasteiger partial charge in [-0.2, -0.15) is 0 Å². The van der Waals surface area contributed by atoms with Crippen LogP contribution in [0.15, 0.2) is 0 Å². The molecule has 0 heterocycles. The van der Waals surface area contributed by atoms with E-state index < -0.39 is 27.4 Å². The lowest BCUT2D eigenvalue weighted by Gasteiger charge is -2.29. The highest BCUT2D eigenvalue weighted by molar-refractivity contribution is 7.89. The van der Waals surface area contributed by atoms with Crippen molar-refractivity contribution in [2.24, 2.45) is 11.3 Å². The number of hydrogen-bond donors (Lipinski definition) is 2. The first-order valence-corrected chi connectivity index (χ1v) is 9.74. The first-order chi connectivity index (χ1) is 10.8. The van der Waals surface area contributed by atoms with Crippen LogP contribution in [0.1, 0.15) is 51.4 Å². The number of esters is 1. The molecule has 0 unspecified atom stereocenters. The molecule has 0 spiro atoms. The number of sulfonamides is 1. The van der Waals surface area contributed by atoms with Crippen LogP contribution in [-0.4, -0.2) is 44.4 Å². The third kappa shape index (κ3) is 4.44. The summed E-state index contributed by atoms with van der Waals surface area (Å²) in [5.41, 5.74) is -0.932. The van der Waals surface area contributed by atoms with Gasteiger partial charge in [0.15, 0.2) is 0 Å². The second kappa shape index (κ2) is 7.17. The molecule has 0 aromatic heterocycles. The molecule has 2 N–H and O–H groups in total. The normalized spacial score (nSPS) is 27.5. The number of methoxy groups -OCH3 is 1. The van der Waals surface area contributed by atoms with Crippen molar-refractivity contribution in [3.63, 3.8) is 0 Å². The lowest BCUT2D eigenvalue weighted by Crippen LogP contribution is -2.45. The molecule has 0 saturated heterocycles. The molecular formula is C15H25NO6S. The van der Waals surface area contributed by atoms with Crippen molar-refractivity contribution in [2.75, 3.05) is 12.9 Å². The van der Waals surface area contributed by atoms with E-state index in [1.54, 1.807) is 0 Å². The number of nitrogens with one attached hydrogen (secondary N) is 1. The average molecular weight is 347 g/mol. The van der Waals surface area contributed by atoms with Gasteiger partial charge in [0.1, 0.15) is 0 Å². The topological polar surface area (TPSA) is 110 Å². The highest BCUT2D eigenvalue weighted by Gasteiger charge is 2.46. The molecule has 0 aromatic carbocycles. The van der Waals surface area contributed by atoms with Crippen LogP contribution in [0.2, 0.25) is 0 Å². The SMILES string of the molecule is COC(=O)C1(CS(=O)(=O)NC2CCC(C(=O)O)CC2)CCCC1. The second-order valence-corrected chi connectivity index (χ2v) is 8.50. The molecule has 132 valence electrons. The van der Waals surface area contributed by atoms with E-state index in [0.717, 1.165) is 12.8 Å². The zero-order chi connectivity index (χ0) is 17.1. The maximum Gasteiger partial charge on any atom is 0.312 e. The molecule has 2 fully saturated rings. The minimum Gasteiger partial charge on any atom is -0.481 e. The molecule has 0 bridgehead atoms. The molecular weight excluding hydrogens is 322 g/mol. The van der Waals surface area contributed by atoms with E-state index in [1.807, 2.05) is 0 Å². The van der Waals surface area contributed by atoms with Crippen LogP contribution in [-0.2, 0) is 24.3 Å². The van der Waals surface area contributed by atoms with E-state index in [-0.39, 0.29) is 17.7 Å². The fourth-order valence-corrected chi connectivity index (χ4v) is 5.75. The van der Waals surface area contributed by atoms with Crippen molar-refractivity contribution >= 4 is 22.0 Å². The van der Waals surface area contributed by atoms with Crippen LogP contribution < -0.4 is 4.72 Å². The van der Waals surface area contributed by atoms with E-state index in [0.29, 0.717) is 38.5 Å². The van der Waals surface area contributed by atoms with Gasteiger partial charge < -0.3 is 9.84 Å². The van der Waals surface area contributed by atoms with Gasteiger partial charge in [-0.15, -0.1) is 0 Å². The summed E-state index contributed by atoms with van der Waals surface area (Å²) in [5.74, 6) is -1.89. The molecule has 2 saturated carbocycles. The number of carboxylic acids is 1. The zero-order valence-corrected chi connectivity index (χ0v) is 14.2. The van der Waals surface area contributed by atoms with Crippen LogP contribution in [0.5, 0.6) is 0 Å². The Morgan fingerprint density at radius 3 is 2.22 bits per heavy atom. The standard InChI is InChI=1S/C15H25NO6S/c1-22-14(19)15(8-2-3-9-15)10-23(20,21)16-12-6-4-11(5-7-12)13(17)18/h11-12,16H,2-10H2,1H3,(H,17,18). The summed E-state index contributed by atoms with van der Waals surface area (Å²) in [4.78, 5) is 23.0. The van der Waals surface area contributed by atoms with Gasteiger partial charge in [0.2, 0.25) is 10.0 Å². The van der Waals surface area contributed by atoms with E-state index in [4.69, 9.17) is 9.84 Å². The van der Waals surface area contributed by atoms with Crippen LogP contribution in [0, 0.1) is 11.3 Å². The largest absolute Gasteiger partial charge is 0.481 e. The predicted octanol–water partition coefficient (Wildman–Crippen LogP) is 1.28. The number of ether oxygens (including phenoxy) is 1. The fourth-order valence-electron chi connectivity index (χ4n) is 3.79. The summed E-state index contributed by atoms with van der Waals surface area (Å²) >= 11 is 0. The second-order valence-electron chi connectivity index (χ2n) is 6.74. The molecule has 8 heteroatoms. The number of carbonyl (C=O) groups is 2. The molecule has 0 atom stereocenters. The van der Waals surface area contributed by atoms with Crippen molar-refractivity contribution in [1.82, 2.24) is 4.72 Å². The Bertz CT molecular complexity index is 544. The zero-order valence-electron chi connectivity index (χ0n) is 13.4. The van der Waals surface area contributed by atoms with Crippen molar-refractivity contribution in [3.8, 4) is 0 Å². The first-order valence-electron chi connectivity index (χ1n) is 8.09. The van der Waals surface area contributed by atoms with Gasteiger partial charge in [0.25, 0.3) is 0 Å². The molecule has 7 nitrogen and oxygen atoms in total. The molecule has 23 heavy (non-hydrogen) atoms. The molecule has 0 radical (unpaired) electrons. The summed E-state index contributed by atoms with van der Waals surface area (Å²) in [6.07, 6.45) is 4.71. The number of rotatable bonds is 6. The third-order valence-electron chi connectivity index (χ3n) is 5.07. The van der Waals surface area contributed by atoms with Gasteiger partial charge in [-0.1, -0.05) is 12.8 Å². The highest BCUT2D eigenvalue weighted by Crippen LogP contribution is 2.40. The van der Waals surface area contributed by atoms with Crippen LogP contribution in [0.3, 0.4) is 0 Å². The van der Waals surface area contributed by atoms with Crippen molar-refractivity contribution in [3.05, 3.63) is 0 Å². The Kier molecular flexibility index (Phi) is 5.67. The van der Waals surface area contributed by atoms with Gasteiger partial charge in [0.05, 0.1) is 24.2 Å². The monoisotopic (exact) mass is 347 g/mol. The maximum absolute atomic E-state index is 12.5. The first kappa shape index (κ1) is 18.2. The minimum absolute atomic E-state index is 0.244. The molecule has 2 rings (SSSR count). The van der Waals surface area contributed by atoms with E-state index in [2.05, 4.69) is 4.72 Å². The number of carboxylic acid groups (broad SMARTS) is 1. The molecule has 0 aliphatic heterocycles. The van der Waals surface area contributed by atoms with Gasteiger partial charge in [0, 0.05) is 6.04 Å². The van der Waals surface area contributed by atoms with Gasteiger partial charge in [-0.25, -0.2) is 13.1 Å². The summed E-state index contributed by atoms with van der Waals surface area (Å²) < 4.78 is 32.4. The average Bonchev–Trinajstić information content (AvgIpc) is 2.95. The number of hydrogen-bond acceptors (Lipinski definition) is 5. The highest BCUT2D eigenvalue weighted by atomic mass is 32.2. The van der Waals surface area contributed by atoms with Crippen molar-refractivity contribution in [2.45, 2.75) is 57.4 Å². The van der Waals surface area contributed by atoms with Gasteiger partial charge in [-0.05, 0) is 38.5 Å². The lowest BCUT2D eigenvalue weighted by atomic mass is 9.87. The Balaban J connectivity index is 1.97. The maximum atomic E-state index is 12.5. The fraction of sp³-hybridized carbons (Fsp3) is 0.867. The summed E-state index contributed by atoms with van der Waals surface area (Å²) in [7, 11) is -2.33. The lowest BCUT2D eigenvalue weighted by molar-refractivity contribution is -0.151. The van der Waals surface area contributed by atoms with Crippen LogP contribution >= 0.6 is 0 Å². The van der Waals surface area contributed by atoms with E-state index in [9.17, 15) is 18.0 Å². The van der Waals surface area contributed by atoms with Crippen molar-refractivity contribution < 1.29 is 27.9 Å². The Morgan fingerprint density at radius 2 is 1.74 bits per heavy atom. The summed E-state index contributed by atoms with van der Waals surface area (Å²) in [6.45, 7) is 0. The Morgan fingerprint density at radius 1 is 1.17 bits per heavy atom. The number of aliphatic carboxylic acids is 1. The Labute approximate surface area is 136 Å². The summed E-state index contributed by atoms with van der Waals surface area (Å²) in [6, 6.07) is -0.244. The van der Waals surface area contributed by atoms with Crippen molar-refractivity contribution in [1.29, 1.82) is 0 Å². The van der Waals surface area contributed by atoms with E-state index in [1.165, 1.54) is 7.11 Å².